The molecule has 1 aromatic rings. The number of hydrogen-bond donors (Lipinski definition) is 3. The number of benzene rings is 1. The first-order valence-electron chi connectivity index (χ1n) is 9.10. The zero-order valence-corrected chi connectivity index (χ0v) is 15.0. The quantitative estimate of drug-likeness (QED) is 0.716. The molecular weight excluding hydrogens is 338 g/mol. The van der Waals surface area contributed by atoms with Crippen molar-refractivity contribution in [1.82, 2.24) is 4.72 Å². The summed E-state index contributed by atoms with van der Waals surface area (Å²) in [7, 11) is -3.47. The van der Waals surface area contributed by atoms with E-state index in [9.17, 15) is 13.2 Å². The molecule has 3 aliphatic rings. The fourth-order valence-corrected chi connectivity index (χ4v) is 5.42. The first kappa shape index (κ1) is 17.0. The topological polar surface area (TPSA) is 101 Å². The molecule has 0 aliphatic heterocycles. The predicted octanol–water partition coefficient (Wildman–Crippen LogP) is 1.69. The van der Waals surface area contributed by atoms with Crippen molar-refractivity contribution in [2.24, 2.45) is 29.4 Å². The lowest BCUT2D eigenvalue weighted by atomic mass is 9.84. The van der Waals surface area contributed by atoms with Gasteiger partial charge in [0.15, 0.2) is 0 Å². The van der Waals surface area contributed by atoms with Gasteiger partial charge in [-0.25, -0.2) is 13.1 Å². The third kappa shape index (κ3) is 3.45. The molecule has 3 aliphatic carbocycles. The molecule has 7 heteroatoms. The summed E-state index contributed by atoms with van der Waals surface area (Å²) in [5.74, 6) is 1.20. The summed E-state index contributed by atoms with van der Waals surface area (Å²) in [6, 6.07) is 6.30. The molecule has 0 saturated heterocycles. The van der Waals surface area contributed by atoms with Crippen molar-refractivity contribution in [3.8, 4) is 0 Å². The lowest BCUT2D eigenvalue weighted by molar-refractivity contribution is -0.121. The number of nitrogens with one attached hydrogen (secondary N) is 2. The van der Waals surface area contributed by atoms with Crippen molar-refractivity contribution in [2.45, 2.75) is 43.0 Å². The van der Waals surface area contributed by atoms with Gasteiger partial charge in [0.1, 0.15) is 0 Å². The average Bonchev–Trinajstić information content (AvgIpc) is 3.22. The summed E-state index contributed by atoms with van der Waals surface area (Å²) in [6.45, 7) is 0.503. The van der Waals surface area contributed by atoms with E-state index < -0.39 is 10.0 Å². The summed E-state index contributed by atoms with van der Waals surface area (Å²) in [5.41, 5.74) is 6.83. The van der Waals surface area contributed by atoms with Crippen LogP contribution in [-0.2, 0) is 14.8 Å². The molecule has 4 rings (SSSR count). The number of nitrogens with two attached hydrogens (primary N) is 1. The Morgan fingerprint density at radius 3 is 2.36 bits per heavy atom. The van der Waals surface area contributed by atoms with Gasteiger partial charge in [-0.15, -0.1) is 0 Å². The highest BCUT2D eigenvalue weighted by atomic mass is 32.2. The van der Waals surface area contributed by atoms with Crippen LogP contribution in [0.15, 0.2) is 29.2 Å². The maximum atomic E-state index is 12.6. The fraction of sp³-hybridized carbons (Fsp3) is 0.611. The Morgan fingerprint density at radius 1 is 1.08 bits per heavy atom. The molecular formula is C18H25N3O3S. The summed E-state index contributed by atoms with van der Waals surface area (Å²) >= 11 is 0. The van der Waals surface area contributed by atoms with Gasteiger partial charge in [-0.1, -0.05) is 0 Å². The molecule has 6 nitrogen and oxygen atoms in total. The van der Waals surface area contributed by atoms with Crippen LogP contribution in [0.3, 0.4) is 0 Å². The van der Waals surface area contributed by atoms with Gasteiger partial charge in [0.2, 0.25) is 15.9 Å². The van der Waals surface area contributed by atoms with Crippen LogP contribution in [0.1, 0.15) is 32.1 Å². The van der Waals surface area contributed by atoms with E-state index >= 15 is 0 Å². The second kappa shape index (κ2) is 6.37. The van der Waals surface area contributed by atoms with Crippen LogP contribution in [0, 0.1) is 23.7 Å². The van der Waals surface area contributed by atoms with Crippen LogP contribution in [0.25, 0.3) is 0 Å². The molecule has 2 bridgehead atoms. The van der Waals surface area contributed by atoms with E-state index in [2.05, 4.69) is 10.0 Å². The SMILES string of the molecule is NC1C2CCC(C2)C1C(=O)Nc1ccc(S(=O)(=O)NCC2CC2)cc1. The molecule has 0 aromatic heterocycles. The molecule has 3 fully saturated rings. The second-order valence-corrected chi connectivity index (χ2v) is 9.51. The number of carbonyl (C=O) groups excluding carboxylic acids is 1. The van der Waals surface area contributed by atoms with E-state index in [4.69, 9.17) is 5.73 Å². The summed E-state index contributed by atoms with van der Waals surface area (Å²) in [4.78, 5) is 12.8. The highest BCUT2D eigenvalue weighted by Gasteiger charge is 2.49. The second-order valence-electron chi connectivity index (χ2n) is 7.75. The molecule has 25 heavy (non-hydrogen) atoms. The fourth-order valence-electron chi connectivity index (χ4n) is 4.30. The van der Waals surface area contributed by atoms with E-state index in [-0.39, 0.29) is 22.8 Å². The van der Waals surface area contributed by atoms with E-state index in [1.165, 1.54) is 12.1 Å². The number of fused-ring (bicyclic) bond motifs is 2. The molecule has 0 spiro atoms. The van der Waals surface area contributed by atoms with Crippen LogP contribution in [0.4, 0.5) is 5.69 Å². The van der Waals surface area contributed by atoms with Crippen molar-refractivity contribution in [3.63, 3.8) is 0 Å². The Bertz CT molecular complexity index is 756. The third-order valence-corrected chi connectivity index (χ3v) is 7.41. The molecule has 3 saturated carbocycles. The Hall–Kier alpha value is -1.44. The molecule has 4 N–H and O–H groups in total. The molecule has 1 aromatic carbocycles. The van der Waals surface area contributed by atoms with E-state index in [1.807, 2.05) is 0 Å². The summed E-state index contributed by atoms with van der Waals surface area (Å²) in [5, 5.41) is 2.90. The smallest absolute Gasteiger partial charge is 0.240 e. The van der Waals surface area contributed by atoms with E-state index in [1.54, 1.807) is 12.1 Å². The Balaban J connectivity index is 1.39. The maximum Gasteiger partial charge on any atom is 0.240 e. The minimum Gasteiger partial charge on any atom is -0.327 e. The average molecular weight is 363 g/mol. The van der Waals surface area contributed by atoms with Crippen LogP contribution in [0.2, 0.25) is 0 Å². The molecule has 4 atom stereocenters. The Kier molecular flexibility index (Phi) is 4.33. The van der Waals surface area contributed by atoms with Gasteiger partial charge in [-0.3, -0.25) is 4.79 Å². The molecule has 136 valence electrons. The van der Waals surface area contributed by atoms with Crippen LogP contribution in [-0.4, -0.2) is 26.9 Å². The molecule has 4 unspecified atom stereocenters. The normalized spacial score (nSPS) is 31.2. The van der Waals surface area contributed by atoms with Gasteiger partial charge in [-0.05, 0) is 74.1 Å². The van der Waals surface area contributed by atoms with Crippen molar-refractivity contribution in [2.75, 3.05) is 11.9 Å². The van der Waals surface area contributed by atoms with Gasteiger partial charge in [0.05, 0.1) is 10.8 Å². The molecule has 0 radical (unpaired) electrons. The molecule has 1 amide bonds. The Labute approximate surface area is 148 Å². The van der Waals surface area contributed by atoms with Crippen LogP contribution < -0.4 is 15.8 Å². The van der Waals surface area contributed by atoms with Crippen molar-refractivity contribution in [3.05, 3.63) is 24.3 Å². The third-order valence-electron chi connectivity index (χ3n) is 5.97. The highest BCUT2D eigenvalue weighted by Crippen LogP contribution is 2.47. The predicted molar refractivity (Wildman–Crippen MR) is 95.3 cm³/mol. The van der Waals surface area contributed by atoms with Crippen molar-refractivity contribution in [1.29, 1.82) is 0 Å². The minimum absolute atomic E-state index is 0.0397. The van der Waals surface area contributed by atoms with Gasteiger partial charge in [-0.2, -0.15) is 0 Å². The minimum atomic E-state index is -3.47. The number of carbonyl (C=O) groups is 1. The van der Waals surface area contributed by atoms with Crippen molar-refractivity contribution < 1.29 is 13.2 Å². The monoisotopic (exact) mass is 363 g/mol. The Morgan fingerprint density at radius 2 is 1.76 bits per heavy atom. The van der Waals surface area contributed by atoms with Gasteiger partial charge >= 0.3 is 0 Å². The maximum absolute atomic E-state index is 12.6. The number of sulfonamides is 1. The number of anilines is 1. The zero-order valence-electron chi connectivity index (χ0n) is 14.1. The zero-order chi connectivity index (χ0) is 17.6. The summed E-state index contributed by atoms with van der Waals surface area (Å²) in [6.07, 6.45) is 5.47. The van der Waals surface area contributed by atoms with E-state index in [0.717, 1.165) is 32.1 Å². The summed E-state index contributed by atoms with van der Waals surface area (Å²) < 4.78 is 27.1. The first-order valence-corrected chi connectivity index (χ1v) is 10.6. The first-order chi connectivity index (χ1) is 11.9. The van der Waals surface area contributed by atoms with Crippen molar-refractivity contribution >= 4 is 21.6 Å². The largest absolute Gasteiger partial charge is 0.327 e. The van der Waals surface area contributed by atoms with Crippen LogP contribution in [0.5, 0.6) is 0 Å². The van der Waals surface area contributed by atoms with Gasteiger partial charge in [0, 0.05) is 18.3 Å². The number of rotatable bonds is 6. The lowest BCUT2D eigenvalue weighted by Crippen LogP contribution is -2.42. The number of amides is 1. The van der Waals surface area contributed by atoms with Gasteiger partial charge in [0.25, 0.3) is 0 Å². The van der Waals surface area contributed by atoms with Gasteiger partial charge < -0.3 is 11.1 Å². The molecule has 0 heterocycles. The van der Waals surface area contributed by atoms with E-state index in [0.29, 0.717) is 30.0 Å². The number of hydrogen-bond acceptors (Lipinski definition) is 4. The lowest BCUT2D eigenvalue weighted by Gasteiger charge is -2.27. The van der Waals surface area contributed by atoms with Crippen LogP contribution >= 0.6 is 0 Å². The standard InChI is InChI=1S/C18H25N3O3S/c19-17-13-4-3-12(9-13)16(17)18(22)21-14-5-7-15(8-6-14)25(23,24)20-10-11-1-2-11/h5-8,11-13,16-17,20H,1-4,9-10,19H2,(H,21,22). The highest BCUT2D eigenvalue weighted by molar-refractivity contribution is 7.89.